The maximum absolute atomic E-state index is 12.4. The normalized spacial score (nSPS) is 10.4. The standard InChI is InChI=1S/C18H17N3O3S2/c1-10-19-15-5-4-12(8-16(15)26-10)20-18(25)21-17(22)11-6-13(23-2)9-14(7-11)24-3/h4-9H,1-3H3,(H2,20,21,22,25). The van der Waals surface area contributed by atoms with E-state index >= 15 is 0 Å². The van der Waals surface area contributed by atoms with Crippen molar-refractivity contribution < 1.29 is 14.3 Å². The molecule has 3 rings (SSSR count). The van der Waals surface area contributed by atoms with Crippen LogP contribution in [0, 0.1) is 6.92 Å². The first-order valence-corrected chi connectivity index (χ1v) is 8.93. The molecular weight excluding hydrogens is 370 g/mol. The lowest BCUT2D eigenvalue weighted by Crippen LogP contribution is -2.34. The van der Waals surface area contributed by atoms with Crippen LogP contribution in [0.2, 0.25) is 0 Å². The first-order chi connectivity index (χ1) is 12.5. The highest BCUT2D eigenvalue weighted by Crippen LogP contribution is 2.25. The summed E-state index contributed by atoms with van der Waals surface area (Å²) in [4.78, 5) is 16.9. The van der Waals surface area contributed by atoms with Crippen LogP contribution in [-0.2, 0) is 0 Å². The fourth-order valence-electron chi connectivity index (χ4n) is 2.39. The zero-order valence-electron chi connectivity index (χ0n) is 14.5. The van der Waals surface area contributed by atoms with E-state index in [1.165, 1.54) is 14.2 Å². The van der Waals surface area contributed by atoms with E-state index < -0.39 is 0 Å². The van der Waals surface area contributed by atoms with E-state index in [9.17, 15) is 4.79 Å². The van der Waals surface area contributed by atoms with Crippen molar-refractivity contribution in [3.63, 3.8) is 0 Å². The fourth-order valence-corrected chi connectivity index (χ4v) is 3.47. The first kappa shape index (κ1) is 18.1. The van der Waals surface area contributed by atoms with Gasteiger partial charge in [-0.05, 0) is 49.5 Å². The van der Waals surface area contributed by atoms with Gasteiger partial charge in [0.2, 0.25) is 0 Å². The van der Waals surface area contributed by atoms with Crippen molar-refractivity contribution in [2.24, 2.45) is 0 Å². The number of aryl methyl sites for hydroxylation is 1. The van der Waals surface area contributed by atoms with Gasteiger partial charge in [-0.1, -0.05) is 0 Å². The number of hydrogen-bond donors (Lipinski definition) is 2. The number of thiocarbonyl (C=S) groups is 1. The van der Waals surface area contributed by atoms with Gasteiger partial charge in [0.1, 0.15) is 11.5 Å². The molecule has 0 saturated carbocycles. The SMILES string of the molecule is COc1cc(OC)cc(C(=O)NC(=S)Nc2ccc3nc(C)sc3c2)c1. The minimum atomic E-state index is -0.352. The molecule has 0 aliphatic heterocycles. The summed E-state index contributed by atoms with van der Waals surface area (Å²) in [5, 5.41) is 6.88. The highest BCUT2D eigenvalue weighted by Gasteiger charge is 2.12. The van der Waals surface area contributed by atoms with Gasteiger partial charge >= 0.3 is 0 Å². The summed E-state index contributed by atoms with van der Waals surface area (Å²) in [5.41, 5.74) is 2.12. The number of carbonyl (C=O) groups excluding carboxylic acids is 1. The molecule has 0 saturated heterocycles. The Morgan fingerprint density at radius 2 is 1.81 bits per heavy atom. The smallest absolute Gasteiger partial charge is 0.257 e. The number of fused-ring (bicyclic) bond motifs is 1. The van der Waals surface area contributed by atoms with Gasteiger partial charge < -0.3 is 14.8 Å². The molecule has 3 aromatic rings. The van der Waals surface area contributed by atoms with E-state index in [4.69, 9.17) is 21.7 Å². The molecule has 26 heavy (non-hydrogen) atoms. The van der Waals surface area contributed by atoms with E-state index in [1.54, 1.807) is 29.5 Å². The molecule has 1 amide bonds. The molecule has 1 aromatic heterocycles. The first-order valence-electron chi connectivity index (χ1n) is 7.71. The zero-order chi connectivity index (χ0) is 18.7. The molecule has 0 aliphatic carbocycles. The van der Waals surface area contributed by atoms with E-state index in [0.717, 1.165) is 20.9 Å². The lowest BCUT2D eigenvalue weighted by atomic mass is 10.2. The Labute approximate surface area is 160 Å². The number of nitrogens with one attached hydrogen (secondary N) is 2. The summed E-state index contributed by atoms with van der Waals surface area (Å²) in [7, 11) is 3.06. The van der Waals surface area contributed by atoms with Crippen LogP contribution in [0.4, 0.5) is 5.69 Å². The molecule has 0 aliphatic rings. The Kier molecular flexibility index (Phi) is 5.34. The number of methoxy groups -OCH3 is 2. The van der Waals surface area contributed by atoms with Crippen molar-refractivity contribution in [2.75, 3.05) is 19.5 Å². The number of benzene rings is 2. The Balaban J connectivity index is 1.71. The third-order valence-corrected chi connectivity index (χ3v) is 4.73. The Morgan fingerprint density at radius 1 is 1.12 bits per heavy atom. The molecule has 134 valence electrons. The number of nitrogens with zero attached hydrogens (tertiary/aromatic N) is 1. The average Bonchev–Trinajstić information content (AvgIpc) is 3.00. The molecule has 0 radical (unpaired) electrons. The molecule has 0 spiro atoms. The number of amides is 1. The van der Waals surface area contributed by atoms with Crippen LogP contribution in [-0.4, -0.2) is 30.2 Å². The molecular formula is C18H17N3O3S2. The maximum atomic E-state index is 12.4. The summed E-state index contributed by atoms with van der Waals surface area (Å²) >= 11 is 6.85. The summed E-state index contributed by atoms with van der Waals surface area (Å²) in [6, 6.07) is 10.7. The number of aromatic nitrogens is 1. The maximum Gasteiger partial charge on any atom is 0.257 e. The highest BCUT2D eigenvalue weighted by atomic mass is 32.1. The summed E-state index contributed by atoms with van der Waals surface area (Å²) in [6.45, 7) is 1.96. The lowest BCUT2D eigenvalue weighted by Gasteiger charge is -2.11. The van der Waals surface area contributed by atoms with E-state index in [-0.39, 0.29) is 11.0 Å². The monoisotopic (exact) mass is 387 g/mol. The lowest BCUT2D eigenvalue weighted by molar-refractivity contribution is 0.0977. The molecule has 0 atom stereocenters. The van der Waals surface area contributed by atoms with Crippen LogP contribution >= 0.6 is 23.6 Å². The molecule has 2 aromatic carbocycles. The second kappa shape index (κ2) is 7.67. The largest absolute Gasteiger partial charge is 0.497 e. The topological polar surface area (TPSA) is 72.5 Å². The third kappa shape index (κ3) is 4.09. The minimum absolute atomic E-state index is 0.206. The average molecular weight is 387 g/mol. The summed E-state index contributed by atoms with van der Waals surface area (Å²) in [5.74, 6) is 0.702. The van der Waals surface area contributed by atoms with Gasteiger partial charge in [-0.25, -0.2) is 4.98 Å². The number of carbonyl (C=O) groups is 1. The van der Waals surface area contributed by atoms with Crippen molar-refractivity contribution in [3.05, 3.63) is 47.0 Å². The molecule has 6 nitrogen and oxygen atoms in total. The molecule has 0 fully saturated rings. The number of rotatable bonds is 4. The predicted octanol–water partition coefficient (Wildman–Crippen LogP) is 3.75. The Hall–Kier alpha value is -2.71. The van der Waals surface area contributed by atoms with Gasteiger partial charge in [0.15, 0.2) is 5.11 Å². The molecule has 0 bridgehead atoms. The van der Waals surface area contributed by atoms with E-state index in [0.29, 0.717) is 17.1 Å². The summed E-state index contributed by atoms with van der Waals surface area (Å²) in [6.07, 6.45) is 0. The number of hydrogen-bond acceptors (Lipinski definition) is 6. The van der Waals surface area contributed by atoms with E-state index in [2.05, 4.69) is 15.6 Å². The van der Waals surface area contributed by atoms with E-state index in [1.807, 2.05) is 25.1 Å². The third-order valence-electron chi connectivity index (χ3n) is 3.59. The molecule has 0 unspecified atom stereocenters. The van der Waals surface area contributed by atoms with Crippen molar-refractivity contribution in [1.29, 1.82) is 0 Å². The van der Waals surface area contributed by atoms with Crippen LogP contribution in [0.15, 0.2) is 36.4 Å². The molecule has 1 heterocycles. The minimum Gasteiger partial charge on any atom is -0.497 e. The number of thiazole rings is 1. The highest BCUT2D eigenvalue weighted by molar-refractivity contribution is 7.80. The second-order valence-corrected chi connectivity index (χ2v) is 7.07. The van der Waals surface area contributed by atoms with Crippen LogP contribution in [0.5, 0.6) is 11.5 Å². The van der Waals surface area contributed by atoms with Gasteiger partial charge in [0.25, 0.3) is 5.91 Å². The van der Waals surface area contributed by atoms with Gasteiger partial charge in [-0.15, -0.1) is 11.3 Å². The van der Waals surface area contributed by atoms with Gasteiger partial charge in [-0.3, -0.25) is 10.1 Å². The van der Waals surface area contributed by atoms with Crippen LogP contribution < -0.4 is 20.1 Å². The van der Waals surface area contributed by atoms with Crippen molar-refractivity contribution >= 4 is 50.5 Å². The molecule has 2 N–H and O–H groups in total. The molecule has 8 heteroatoms. The summed E-state index contributed by atoms with van der Waals surface area (Å²) < 4.78 is 11.4. The number of ether oxygens (including phenoxy) is 2. The zero-order valence-corrected chi connectivity index (χ0v) is 16.1. The van der Waals surface area contributed by atoms with Crippen LogP contribution in [0.1, 0.15) is 15.4 Å². The van der Waals surface area contributed by atoms with Crippen molar-refractivity contribution in [2.45, 2.75) is 6.92 Å². The van der Waals surface area contributed by atoms with Crippen molar-refractivity contribution in [1.82, 2.24) is 10.3 Å². The predicted molar refractivity (Wildman–Crippen MR) is 108 cm³/mol. The van der Waals surface area contributed by atoms with Crippen LogP contribution in [0.25, 0.3) is 10.2 Å². The van der Waals surface area contributed by atoms with Gasteiger partial charge in [-0.2, -0.15) is 0 Å². The fraction of sp³-hybridized carbons (Fsp3) is 0.167. The quantitative estimate of drug-likeness (QED) is 0.665. The van der Waals surface area contributed by atoms with Crippen molar-refractivity contribution in [3.8, 4) is 11.5 Å². The Morgan fingerprint density at radius 3 is 2.46 bits per heavy atom. The number of anilines is 1. The Bertz CT molecular complexity index is 963. The van der Waals surface area contributed by atoms with Gasteiger partial charge in [0.05, 0.1) is 29.4 Å². The van der Waals surface area contributed by atoms with Crippen LogP contribution in [0.3, 0.4) is 0 Å². The van der Waals surface area contributed by atoms with Gasteiger partial charge in [0, 0.05) is 17.3 Å². The second-order valence-electron chi connectivity index (χ2n) is 5.42.